The van der Waals surface area contributed by atoms with Crippen LogP contribution in [-0.2, 0) is 13.1 Å². The molecule has 2 rings (SSSR count). The Morgan fingerprint density at radius 3 is 2.56 bits per heavy atom. The van der Waals surface area contributed by atoms with E-state index in [0.29, 0.717) is 12.2 Å². The highest BCUT2D eigenvalue weighted by molar-refractivity contribution is 4.99. The Labute approximate surface area is 91.8 Å². The quantitative estimate of drug-likeness (QED) is 0.796. The summed E-state index contributed by atoms with van der Waals surface area (Å²) in [5.74, 6) is 0. The summed E-state index contributed by atoms with van der Waals surface area (Å²) in [4.78, 5) is 2.21. The van der Waals surface area contributed by atoms with Crippen LogP contribution in [0.1, 0.15) is 18.5 Å². The summed E-state index contributed by atoms with van der Waals surface area (Å²) < 4.78 is 37.2. The third kappa shape index (κ3) is 3.23. The van der Waals surface area contributed by atoms with Crippen LogP contribution in [-0.4, -0.2) is 33.9 Å². The molecule has 3 nitrogen and oxygen atoms in total. The van der Waals surface area contributed by atoms with E-state index in [-0.39, 0.29) is 0 Å². The number of hydrogen-bond donors (Lipinski definition) is 0. The van der Waals surface area contributed by atoms with Gasteiger partial charge in [0, 0.05) is 12.7 Å². The second kappa shape index (κ2) is 4.45. The number of likely N-dealkylation sites (tertiary alicyclic amines) is 1. The lowest BCUT2D eigenvalue weighted by Gasteiger charge is -2.12. The first-order chi connectivity index (χ1) is 7.53. The maximum Gasteiger partial charge on any atom is 0.408 e. The topological polar surface area (TPSA) is 21.1 Å². The van der Waals surface area contributed by atoms with Crippen LogP contribution < -0.4 is 0 Å². The fourth-order valence-electron chi connectivity index (χ4n) is 1.93. The Bertz CT molecular complexity index is 339. The molecule has 1 aliphatic rings. The molecule has 0 bridgehead atoms. The van der Waals surface area contributed by atoms with Gasteiger partial charge in [0.05, 0.1) is 5.69 Å². The Morgan fingerprint density at radius 1 is 1.25 bits per heavy atom. The highest BCUT2D eigenvalue weighted by Crippen LogP contribution is 2.17. The molecule has 0 radical (unpaired) electrons. The standard InChI is InChI=1S/C10H14F3N3/c11-10(12,13)8-16-6-3-9(14-16)7-15-4-1-2-5-15/h3,6H,1-2,4-5,7-8H2. The van der Waals surface area contributed by atoms with Crippen molar-refractivity contribution in [2.24, 2.45) is 0 Å². The molecule has 2 heterocycles. The largest absolute Gasteiger partial charge is 0.408 e. The van der Waals surface area contributed by atoms with Gasteiger partial charge in [0.2, 0.25) is 0 Å². The van der Waals surface area contributed by atoms with Crippen molar-refractivity contribution in [2.75, 3.05) is 13.1 Å². The lowest BCUT2D eigenvalue weighted by molar-refractivity contribution is -0.142. The Hall–Kier alpha value is -1.04. The molecule has 0 N–H and O–H groups in total. The Balaban J connectivity index is 1.91. The number of hydrogen-bond acceptors (Lipinski definition) is 2. The second-order valence-electron chi connectivity index (χ2n) is 4.10. The van der Waals surface area contributed by atoms with Gasteiger partial charge in [-0.05, 0) is 32.0 Å². The van der Waals surface area contributed by atoms with Crippen molar-refractivity contribution in [3.8, 4) is 0 Å². The fourth-order valence-corrected chi connectivity index (χ4v) is 1.93. The van der Waals surface area contributed by atoms with Gasteiger partial charge in [-0.15, -0.1) is 0 Å². The molecule has 90 valence electrons. The smallest absolute Gasteiger partial charge is 0.297 e. The van der Waals surface area contributed by atoms with Gasteiger partial charge in [-0.1, -0.05) is 0 Å². The second-order valence-corrected chi connectivity index (χ2v) is 4.10. The molecule has 0 amide bonds. The molecule has 0 aliphatic carbocycles. The normalized spacial score (nSPS) is 18.2. The molecule has 0 aromatic carbocycles. The molecule has 0 spiro atoms. The van der Waals surface area contributed by atoms with Gasteiger partial charge in [0.1, 0.15) is 6.54 Å². The average molecular weight is 233 g/mol. The van der Waals surface area contributed by atoms with Gasteiger partial charge < -0.3 is 0 Å². The Kier molecular flexibility index (Phi) is 3.18. The van der Waals surface area contributed by atoms with Crippen LogP contribution in [0, 0.1) is 0 Å². The molecule has 0 unspecified atom stereocenters. The van der Waals surface area contributed by atoms with Crippen molar-refractivity contribution in [3.63, 3.8) is 0 Å². The first-order valence-corrected chi connectivity index (χ1v) is 5.34. The van der Waals surface area contributed by atoms with Crippen LogP contribution >= 0.6 is 0 Å². The molecule has 1 saturated heterocycles. The molecule has 16 heavy (non-hydrogen) atoms. The minimum absolute atomic E-state index is 0.658. The highest BCUT2D eigenvalue weighted by Gasteiger charge is 2.28. The van der Waals surface area contributed by atoms with Crippen molar-refractivity contribution < 1.29 is 13.2 Å². The zero-order valence-corrected chi connectivity index (χ0v) is 8.87. The van der Waals surface area contributed by atoms with E-state index >= 15 is 0 Å². The van der Waals surface area contributed by atoms with E-state index in [1.54, 1.807) is 6.07 Å². The molecule has 0 saturated carbocycles. The number of halogens is 3. The van der Waals surface area contributed by atoms with E-state index in [1.165, 1.54) is 19.0 Å². The molecule has 6 heteroatoms. The van der Waals surface area contributed by atoms with Crippen molar-refractivity contribution in [1.82, 2.24) is 14.7 Å². The summed E-state index contributed by atoms with van der Waals surface area (Å²) in [5.41, 5.74) is 0.714. The zero-order valence-electron chi connectivity index (χ0n) is 8.87. The van der Waals surface area contributed by atoms with Gasteiger partial charge in [0.25, 0.3) is 0 Å². The SMILES string of the molecule is FC(F)(F)Cn1ccc(CN2CCCC2)n1. The van der Waals surface area contributed by atoms with Crippen molar-refractivity contribution in [1.29, 1.82) is 0 Å². The average Bonchev–Trinajstić information content (AvgIpc) is 2.75. The maximum atomic E-state index is 12.1. The van der Waals surface area contributed by atoms with Crippen LogP contribution in [0.3, 0.4) is 0 Å². The summed E-state index contributed by atoms with van der Waals surface area (Å²) in [6.07, 6.45) is -0.470. The number of alkyl halides is 3. The highest BCUT2D eigenvalue weighted by atomic mass is 19.4. The lowest BCUT2D eigenvalue weighted by Crippen LogP contribution is -2.20. The van der Waals surface area contributed by atoms with Gasteiger partial charge in [0.15, 0.2) is 0 Å². The number of nitrogens with zero attached hydrogens (tertiary/aromatic N) is 3. The summed E-state index contributed by atoms with van der Waals surface area (Å²) in [7, 11) is 0. The van der Waals surface area contributed by atoms with E-state index in [2.05, 4.69) is 10.00 Å². The maximum absolute atomic E-state index is 12.1. The molecule has 0 atom stereocenters. The van der Waals surface area contributed by atoms with Crippen LogP contribution in [0.25, 0.3) is 0 Å². The van der Waals surface area contributed by atoms with E-state index in [4.69, 9.17) is 0 Å². The Morgan fingerprint density at radius 2 is 1.94 bits per heavy atom. The molecule has 1 aromatic rings. The van der Waals surface area contributed by atoms with E-state index < -0.39 is 12.7 Å². The third-order valence-corrected chi connectivity index (χ3v) is 2.62. The predicted molar refractivity (Wildman–Crippen MR) is 52.8 cm³/mol. The third-order valence-electron chi connectivity index (χ3n) is 2.62. The lowest BCUT2D eigenvalue weighted by atomic mass is 10.4. The summed E-state index contributed by atoms with van der Waals surface area (Å²) in [5, 5.41) is 3.91. The predicted octanol–water partition coefficient (Wildman–Crippen LogP) is 2.04. The summed E-state index contributed by atoms with van der Waals surface area (Å²) in [6, 6.07) is 1.66. The molecule has 1 aromatic heterocycles. The van der Waals surface area contributed by atoms with Gasteiger partial charge in [-0.3, -0.25) is 9.58 Å². The van der Waals surface area contributed by atoms with Crippen molar-refractivity contribution >= 4 is 0 Å². The van der Waals surface area contributed by atoms with Crippen LogP contribution in [0.15, 0.2) is 12.3 Å². The van der Waals surface area contributed by atoms with Crippen molar-refractivity contribution in [2.45, 2.75) is 32.1 Å². The molecular formula is C10H14F3N3. The molecule has 1 fully saturated rings. The zero-order chi connectivity index (χ0) is 11.6. The fraction of sp³-hybridized carbons (Fsp3) is 0.700. The van der Waals surface area contributed by atoms with Crippen LogP contribution in [0.2, 0.25) is 0 Å². The van der Waals surface area contributed by atoms with Crippen molar-refractivity contribution in [3.05, 3.63) is 18.0 Å². The van der Waals surface area contributed by atoms with Gasteiger partial charge >= 0.3 is 6.18 Å². The van der Waals surface area contributed by atoms with E-state index in [0.717, 1.165) is 17.8 Å². The first-order valence-electron chi connectivity index (χ1n) is 5.34. The molecule has 1 aliphatic heterocycles. The van der Waals surface area contributed by atoms with Crippen LogP contribution in [0.5, 0.6) is 0 Å². The van der Waals surface area contributed by atoms with Crippen LogP contribution in [0.4, 0.5) is 13.2 Å². The monoisotopic (exact) mass is 233 g/mol. The number of rotatable bonds is 3. The molecular weight excluding hydrogens is 219 g/mol. The van der Waals surface area contributed by atoms with E-state index in [9.17, 15) is 13.2 Å². The minimum Gasteiger partial charge on any atom is -0.297 e. The van der Waals surface area contributed by atoms with Gasteiger partial charge in [-0.25, -0.2) is 0 Å². The van der Waals surface area contributed by atoms with E-state index in [1.807, 2.05) is 0 Å². The van der Waals surface area contributed by atoms with Gasteiger partial charge in [-0.2, -0.15) is 18.3 Å². The summed E-state index contributed by atoms with van der Waals surface area (Å²) in [6.45, 7) is 1.69. The summed E-state index contributed by atoms with van der Waals surface area (Å²) >= 11 is 0. The first kappa shape index (κ1) is 11.4. The number of aromatic nitrogens is 2. The minimum atomic E-state index is -4.20.